The Labute approximate surface area is 76.9 Å². The molecule has 0 spiro atoms. The summed E-state index contributed by atoms with van der Waals surface area (Å²) in [5, 5.41) is 8.25. The maximum Gasteiger partial charge on any atom is 0.349 e. The lowest BCUT2D eigenvalue weighted by molar-refractivity contribution is -0.236. The zero-order valence-electron chi connectivity index (χ0n) is 7.43. The minimum atomic E-state index is -0.603. The van der Waals surface area contributed by atoms with E-state index in [2.05, 4.69) is 4.89 Å². The number of hydrogen-bond donors (Lipinski definition) is 1. The van der Waals surface area contributed by atoms with Gasteiger partial charge in [-0.2, -0.15) is 5.26 Å². The zero-order chi connectivity index (χ0) is 9.68. The molecule has 0 heterocycles. The molecule has 0 aliphatic rings. The lowest BCUT2D eigenvalue weighted by Crippen LogP contribution is -2.13. The van der Waals surface area contributed by atoms with Gasteiger partial charge in [0.15, 0.2) is 0 Å². The molecular formula is C10H12O3. The van der Waals surface area contributed by atoms with Crippen LogP contribution in [0.4, 0.5) is 0 Å². The summed E-state index contributed by atoms with van der Waals surface area (Å²) >= 11 is 0. The summed E-state index contributed by atoms with van der Waals surface area (Å²) in [6.07, 6.45) is 0.614. The van der Waals surface area contributed by atoms with Crippen LogP contribution in [0, 0.1) is 0 Å². The average Bonchev–Trinajstić information content (AvgIpc) is 2.20. The molecule has 13 heavy (non-hydrogen) atoms. The van der Waals surface area contributed by atoms with E-state index in [4.69, 9.17) is 5.26 Å². The van der Waals surface area contributed by atoms with Gasteiger partial charge in [0.1, 0.15) is 0 Å². The molecule has 1 aromatic carbocycles. The van der Waals surface area contributed by atoms with Crippen molar-refractivity contribution in [3.8, 4) is 0 Å². The first-order valence-electron chi connectivity index (χ1n) is 4.19. The van der Waals surface area contributed by atoms with E-state index in [1.54, 1.807) is 0 Å². The molecule has 0 saturated carbocycles. The van der Waals surface area contributed by atoms with Crippen LogP contribution in [0.25, 0.3) is 0 Å². The predicted molar refractivity (Wildman–Crippen MR) is 48.2 cm³/mol. The summed E-state index contributed by atoms with van der Waals surface area (Å²) in [5.74, 6) is -0.972. The Balaban J connectivity index is 2.85. The highest BCUT2D eigenvalue weighted by molar-refractivity contribution is 5.77. The van der Waals surface area contributed by atoms with Crippen molar-refractivity contribution in [2.75, 3.05) is 0 Å². The molecule has 3 heteroatoms. The fourth-order valence-corrected chi connectivity index (χ4v) is 1.29. The van der Waals surface area contributed by atoms with Gasteiger partial charge in [0.25, 0.3) is 0 Å². The summed E-state index contributed by atoms with van der Waals surface area (Å²) in [6, 6.07) is 9.25. The van der Waals surface area contributed by atoms with E-state index in [1.807, 2.05) is 37.3 Å². The van der Waals surface area contributed by atoms with Crippen molar-refractivity contribution in [1.82, 2.24) is 0 Å². The van der Waals surface area contributed by atoms with Gasteiger partial charge >= 0.3 is 5.97 Å². The Morgan fingerprint density at radius 2 is 2.08 bits per heavy atom. The molecule has 1 aromatic rings. The normalized spacial score (nSPS) is 12.2. The molecule has 1 atom stereocenters. The van der Waals surface area contributed by atoms with E-state index in [-0.39, 0.29) is 5.92 Å². The van der Waals surface area contributed by atoms with Gasteiger partial charge in [0.2, 0.25) is 0 Å². The third kappa shape index (κ3) is 2.29. The van der Waals surface area contributed by atoms with Crippen molar-refractivity contribution in [3.05, 3.63) is 35.9 Å². The van der Waals surface area contributed by atoms with Gasteiger partial charge in [-0.05, 0) is 12.0 Å². The number of carbonyl (C=O) groups excluding carboxylic acids is 1. The summed E-state index contributed by atoms with van der Waals surface area (Å²) in [7, 11) is 0. The Morgan fingerprint density at radius 3 is 2.54 bits per heavy atom. The maximum absolute atomic E-state index is 11.1. The molecule has 0 amide bonds. The minimum absolute atomic E-state index is 0.369. The predicted octanol–water partition coefficient (Wildman–Crippen LogP) is 2.20. The quantitative estimate of drug-likeness (QED) is 0.573. The molecule has 1 unspecified atom stereocenters. The number of carbonyl (C=O) groups is 1. The summed E-state index contributed by atoms with van der Waals surface area (Å²) < 4.78 is 0. The van der Waals surface area contributed by atoms with Crippen LogP contribution < -0.4 is 0 Å². The standard InChI is InChI=1S/C10H12O3/c1-2-9(10(11)13-12)8-6-4-3-5-7-8/h3-7,9,12H,2H2,1H3. The van der Waals surface area contributed by atoms with E-state index < -0.39 is 5.97 Å². The van der Waals surface area contributed by atoms with Crippen LogP contribution in [-0.2, 0) is 9.68 Å². The molecular weight excluding hydrogens is 168 g/mol. The first kappa shape index (κ1) is 9.74. The summed E-state index contributed by atoms with van der Waals surface area (Å²) in [4.78, 5) is 14.8. The highest BCUT2D eigenvalue weighted by Crippen LogP contribution is 2.19. The summed E-state index contributed by atoms with van der Waals surface area (Å²) in [6.45, 7) is 1.87. The van der Waals surface area contributed by atoms with E-state index in [0.717, 1.165) is 5.56 Å². The second-order valence-electron chi connectivity index (χ2n) is 2.78. The van der Waals surface area contributed by atoms with Crippen molar-refractivity contribution < 1.29 is 14.9 Å². The van der Waals surface area contributed by atoms with Gasteiger partial charge < -0.3 is 4.89 Å². The molecule has 1 rings (SSSR count). The second kappa shape index (κ2) is 4.62. The topological polar surface area (TPSA) is 46.5 Å². The van der Waals surface area contributed by atoms with Gasteiger partial charge in [-0.25, -0.2) is 4.79 Å². The molecule has 1 N–H and O–H groups in total. The van der Waals surface area contributed by atoms with Gasteiger partial charge in [0, 0.05) is 0 Å². The Morgan fingerprint density at radius 1 is 1.46 bits per heavy atom. The molecule has 0 saturated heterocycles. The SMILES string of the molecule is CCC(C(=O)OO)c1ccccc1. The van der Waals surface area contributed by atoms with Crippen molar-refractivity contribution >= 4 is 5.97 Å². The monoisotopic (exact) mass is 180 g/mol. The van der Waals surface area contributed by atoms with Gasteiger partial charge in [0.05, 0.1) is 5.92 Å². The van der Waals surface area contributed by atoms with Crippen molar-refractivity contribution in [2.24, 2.45) is 0 Å². The second-order valence-corrected chi connectivity index (χ2v) is 2.78. The first-order valence-corrected chi connectivity index (χ1v) is 4.19. The largest absolute Gasteiger partial charge is 0.349 e. The Kier molecular flexibility index (Phi) is 3.46. The Hall–Kier alpha value is -1.35. The summed E-state index contributed by atoms with van der Waals surface area (Å²) in [5.41, 5.74) is 0.865. The lowest BCUT2D eigenvalue weighted by atomic mass is 9.97. The lowest BCUT2D eigenvalue weighted by Gasteiger charge is -2.10. The Bertz CT molecular complexity index is 269. The van der Waals surface area contributed by atoms with E-state index >= 15 is 0 Å². The molecule has 3 nitrogen and oxygen atoms in total. The van der Waals surface area contributed by atoms with E-state index in [1.165, 1.54) is 0 Å². The molecule has 0 radical (unpaired) electrons. The van der Waals surface area contributed by atoms with Crippen molar-refractivity contribution in [3.63, 3.8) is 0 Å². The highest BCUT2D eigenvalue weighted by Gasteiger charge is 2.19. The van der Waals surface area contributed by atoms with E-state index in [9.17, 15) is 4.79 Å². The average molecular weight is 180 g/mol. The van der Waals surface area contributed by atoms with Gasteiger partial charge in [-0.3, -0.25) is 0 Å². The van der Waals surface area contributed by atoms with Gasteiger partial charge in [-0.1, -0.05) is 37.3 Å². The minimum Gasteiger partial charge on any atom is -0.300 e. The number of hydrogen-bond acceptors (Lipinski definition) is 3. The van der Waals surface area contributed by atoms with Crippen molar-refractivity contribution in [1.29, 1.82) is 0 Å². The maximum atomic E-state index is 11.1. The molecule has 0 aliphatic heterocycles. The first-order chi connectivity index (χ1) is 6.29. The zero-order valence-corrected chi connectivity index (χ0v) is 7.43. The third-order valence-corrected chi connectivity index (χ3v) is 1.98. The van der Waals surface area contributed by atoms with Crippen LogP contribution in [0.5, 0.6) is 0 Å². The third-order valence-electron chi connectivity index (χ3n) is 1.98. The van der Waals surface area contributed by atoms with Gasteiger partial charge in [-0.15, -0.1) is 0 Å². The van der Waals surface area contributed by atoms with Crippen LogP contribution in [0.3, 0.4) is 0 Å². The van der Waals surface area contributed by atoms with Crippen LogP contribution in [0.2, 0.25) is 0 Å². The smallest absolute Gasteiger partial charge is 0.300 e. The van der Waals surface area contributed by atoms with Crippen molar-refractivity contribution in [2.45, 2.75) is 19.3 Å². The molecule has 0 fully saturated rings. The molecule has 0 aliphatic carbocycles. The number of rotatable bonds is 3. The molecule has 70 valence electrons. The van der Waals surface area contributed by atoms with E-state index in [0.29, 0.717) is 6.42 Å². The fraction of sp³-hybridized carbons (Fsp3) is 0.300. The molecule has 0 bridgehead atoms. The van der Waals surface area contributed by atoms with Crippen LogP contribution in [0.1, 0.15) is 24.8 Å². The van der Waals surface area contributed by atoms with Crippen LogP contribution in [0.15, 0.2) is 30.3 Å². The van der Waals surface area contributed by atoms with Crippen LogP contribution in [-0.4, -0.2) is 11.2 Å². The number of benzene rings is 1. The fourth-order valence-electron chi connectivity index (χ4n) is 1.29. The van der Waals surface area contributed by atoms with Crippen LogP contribution >= 0.6 is 0 Å². The molecule has 0 aromatic heterocycles. The highest BCUT2D eigenvalue weighted by atomic mass is 17.1.